The Morgan fingerprint density at radius 3 is 2.77 bits per heavy atom. The van der Waals surface area contributed by atoms with E-state index < -0.39 is 0 Å². The number of hydrogen-bond acceptors (Lipinski definition) is 4. The molecule has 0 spiro atoms. The summed E-state index contributed by atoms with van der Waals surface area (Å²) in [5, 5.41) is 14.9. The molecule has 1 saturated heterocycles. The number of benzene rings is 1. The van der Waals surface area contributed by atoms with Crippen LogP contribution in [0.5, 0.6) is 0 Å². The minimum atomic E-state index is 0.667. The highest BCUT2D eigenvalue weighted by molar-refractivity contribution is 5.79. The van der Waals surface area contributed by atoms with Gasteiger partial charge in [0.2, 0.25) is 0 Å². The van der Waals surface area contributed by atoms with Gasteiger partial charge in [-0.15, -0.1) is 10.2 Å². The number of hydrogen-bond donors (Lipinski definition) is 2. The lowest BCUT2D eigenvalue weighted by Crippen LogP contribution is -2.39. The van der Waals surface area contributed by atoms with Crippen LogP contribution < -0.4 is 10.6 Å². The molecular weight excluding hydrogens is 374 g/mol. The van der Waals surface area contributed by atoms with Crippen molar-refractivity contribution in [3.05, 3.63) is 47.5 Å². The SMILES string of the molecule is CCNC(=NCc1ccccc1CN1CCCCC1C)NCCn1cnnc1CC. The number of likely N-dealkylation sites (tertiary alicyclic amines) is 1. The van der Waals surface area contributed by atoms with Crippen molar-refractivity contribution in [1.82, 2.24) is 30.3 Å². The Hall–Kier alpha value is -2.41. The Bertz CT molecular complexity index is 798. The van der Waals surface area contributed by atoms with Crippen LogP contribution in [0.1, 0.15) is 57.0 Å². The minimum absolute atomic E-state index is 0.667. The van der Waals surface area contributed by atoms with Gasteiger partial charge >= 0.3 is 0 Å². The molecule has 0 amide bonds. The molecule has 2 aromatic rings. The van der Waals surface area contributed by atoms with Gasteiger partial charge in [-0.1, -0.05) is 37.6 Å². The Balaban J connectivity index is 1.60. The van der Waals surface area contributed by atoms with E-state index in [1.165, 1.54) is 36.9 Å². The van der Waals surface area contributed by atoms with E-state index in [1.54, 1.807) is 6.33 Å². The Kier molecular flexibility index (Phi) is 8.68. The first-order valence-electron chi connectivity index (χ1n) is 11.4. The first-order chi connectivity index (χ1) is 14.7. The van der Waals surface area contributed by atoms with Crippen LogP contribution in [-0.4, -0.2) is 51.3 Å². The predicted molar refractivity (Wildman–Crippen MR) is 122 cm³/mol. The molecule has 7 nitrogen and oxygen atoms in total. The molecule has 7 heteroatoms. The fraction of sp³-hybridized carbons (Fsp3) is 0.609. The normalized spacial score (nSPS) is 17.8. The van der Waals surface area contributed by atoms with Gasteiger partial charge in [-0.2, -0.15) is 0 Å². The third kappa shape index (κ3) is 6.29. The van der Waals surface area contributed by atoms with Crippen LogP contribution in [0.25, 0.3) is 0 Å². The molecule has 0 saturated carbocycles. The highest BCUT2D eigenvalue weighted by Crippen LogP contribution is 2.21. The molecule has 1 unspecified atom stereocenters. The van der Waals surface area contributed by atoms with Crippen molar-refractivity contribution in [3.8, 4) is 0 Å². The maximum atomic E-state index is 4.85. The summed E-state index contributed by atoms with van der Waals surface area (Å²) in [5.74, 6) is 1.87. The van der Waals surface area contributed by atoms with Gasteiger partial charge in [0.1, 0.15) is 12.2 Å². The van der Waals surface area contributed by atoms with Crippen molar-refractivity contribution in [1.29, 1.82) is 0 Å². The van der Waals surface area contributed by atoms with Gasteiger partial charge in [-0.25, -0.2) is 4.99 Å². The fourth-order valence-corrected chi connectivity index (χ4v) is 4.02. The molecule has 0 radical (unpaired) electrons. The van der Waals surface area contributed by atoms with Gasteiger partial charge in [-0.3, -0.25) is 4.90 Å². The van der Waals surface area contributed by atoms with E-state index in [0.717, 1.165) is 44.4 Å². The van der Waals surface area contributed by atoms with Crippen LogP contribution in [0.4, 0.5) is 0 Å². The fourth-order valence-electron chi connectivity index (χ4n) is 4.02. The number of nitrogens with zero attached hydrogens (tertiary/aromatic N) is 5. The Morgan fingerprint density at radius 2 is 2.00 bits per heavy atom. The number of aliphatic imine (C=N–C) groups is 1. The average molecular weight is 412 g/mol. The molecule has 1 aromatic heterocycles. The van der Waals surface area contributed by atoms with Crippen LogP contribution in [0.15, 0.2) is 35.6 Å². The lowest BCUT2D eigenvalue weighted by atomic mass is 10.0. The summed E-state index contributed by atoms with van der Waals surface area (Å²) >= 11 is 0. The summed E-state index contributed by atoms with van der Waals surface area (Å²) in [6.45, 7) is 11.9. The summed E-state index contributed by atoms with van der Waals surface area (Å²) in [7, 11) is 0. The Labute approximate surface area is 181 Å². The molecular formula is C23H37N7. The predicted octanol–water partition coefficient (Wildman–Crippen LogP) is 2.97. The van der Waals surface area contributed by atoms with Gasteiger partial charge < -0.3 is 15.2 Å². The maximum absolute atomic E-state index is 4.85. The van der Waals surface area contributed by atoms with Crippen molar-refractivity contribution >= 4 is 5.96 Å². The Morgan fingerprint density at radius 1 is 1.17 bits per heavy atom. The average Bonchev–Trinajstić information content (AvgIpc) is 3.22. The van der Waals surface area contributed by atoms with E-state index in [4.69, 9.17) is 4.99 Å². The molecule has 2 N–H and O–H groups in total. The second-order valence-electron chi connectivity index (χ2n) is 8.00. The molecule has 1 fully saturated rings. The third-order valence-corrected chi connectivity index (χ3v) is 5.84. The van der Waals surface area contributed by atoms with Crippen molar-refractivity contribution in [3.63, 3.8) is 0 Å². The van der Waals surface area contributed by atoms with Crippen molar-refractivity contribution in [2.24, 2.45) is 4.99 Å². The van der Waals surface area contributed by atoms with Crippen LogP contribution in [0.3, 0.4) is 0 Å². The summed E-state index contributed by atoms with van der Waals surface area (Å²) in [6, 6.07) is 9.39. The number of nitrogens with one attached hydrogen (secondary N) is 2. The molecule has 1 aliphatic heterocycles. The van der Waals surface area contributed by atoms with Crippen LogP contribution in [0, 0.1) is 0 Å². The zero-order valence-electron chi connectivity index (χ0n) is 18.8. The van der Waals surface area contributed by atoms with E-state index in [-0.39, 0.29) is 0 Å². The first-order valence-corrected chi connectivity index (χ1v) is 11.4. The number of rotatable bonds is 9. The molecule has 164 valence electrons. The van der Waals surface area contributed by atoms with Gasteiger partial charge in [0.05, 0.1) is 6.54 Å². The van der Waals surface area contributed by atoms with Crippen LogP contribution in [-0.2, 0) is 26.1 Å². The number of aryl methyl sites for hydroxylation is 1. The van der Waals surface area contributed by atoms with Crippen molar-refractivity contribution in [2.45, 2.75) is 72.1 Å². The second-order valence-corrected chi connectivity index (χ2v) is 8.00. The summed E-state index contributed by atoms with van der Waals surface area (Å²) in [6.07, 6.45) is 6.66. The lowest BCUT2D eigenvalue weighted by molar-refractivity contribution is 0.152. The van der Waals surface area contributed by atoms with E-state index >= 15 is 0 Å². The summed E-state index contributed by atoms with van der Waals surface area (Å²) < 4.78 is 2.09. The quantitative estimate of drug-likeness (QED) is 0.490. The minimum Gasteiger partial charge on any atom is -0.357 e. The first kappa shape index (κ1) is 22.3. The van der Waals surface area contributed by atoms with Crippen LogP contribution >= 0.6 is 0 Å². The molecule has 0 aliphatic carbocycles. The van der Waals surface area contributed by atoms with Gasteiger partial charge in [0.25, 0.3) is 0 Å². The number of piperidine rings is 1. The second kappa shape index (κ2) is 11.7. The topological polar surface area (TPSA) is 70.4 Å². The van der Waals surface area contributed by atoms with Crippen LogP contribution in [0.2, 0.25) is 0 Å². The smallest absolute Gasteiger partial charge is 0.191 e. The van der Waals surface area contributed by atoms with E-state index in [2.05, 4.69) is 75.3 Å². The third-order valence-electron chi connectivity index (χ3n) is 5.84. The molecule has 1 aliphatic rings. The molecule has 1 atom stereocenters. The molecule has 1 aromatic carbocycles. The lowest BCUT2D eigenvalue weighted by Gasteiger charge is -2.33. The maximum Gasteiger partial charge on any atom is 0.191 e. The summed E-state index contributed by atoms with van der Waals surface area (Å²) in [5.41, 5.74) is 2.70. The van der Waals surface area contributed by atoms with Gasteiger partial charge in [0, 0.05) is 38.6 Å². The molecule has 0 bridgehead atoms. The van der Waals surface area contributed by atoms with Crippen molar-refractivity contribution in [2.75, 3.05) is 19.6 Å². The largest absolute Gasteiger partial charge is 0.357 e. The molecule has 3 rings (SSSR count). The van der Waals surface area contributed by atoms with Gasteiger partial charge in [-0.05, 0) is 44.4 Å². The highest BCUT2D eigenvalue weighted by atomic mass is 15.3. The zero-order valence-corrected chi connectivity index (χ0v) is 18.8. The number of guanidine groups is 1. The standard InChI is InChI=1S/C23H37N7/c1-4-22-28-27-18-30(22)15-13-25-23(24-5-2)26-16-20-11-6-7-12-21(20)17-29-14-9-8-10-19(29)3/h6-7,11-12,18-19H,4-5,8-10,13-17H2,1-3H3,(H2,24,25,26). The van der Waals surface area contributed by atoms with E-state index in [1.807, 2.05) is 0 Å². The highest BCUT2D eigenvalue weighted by Gasteiger charge is 2.19. The molecule has 30 heavy (non-hydrogen) atoms. The zero-order chi connectivity index (χ0) is 21.2. The monoisotopic (exact) mass is 411 g/mol. The number of aromatic nitrogens is 3. The van der Waals surface area contributed by atoms with Crippen molar-refractivity contribution < 1.29 is 0 Å². The van der Waals surface area contributed by atoms with E-state index in [0.29, 0.717) is 12.6 Å². The molecule has 2 heterocycles. The van der Waals surface area contributed by atoms with Gasteiger partial charge in [0.15, 0.2) is 5.96 Å². The summed E-state index contributed by atoms with van der Waals surface area (Å²) in [4.78, 5) is 7.46. The van der Waals surface area contributed by atoms with E-state index in [9.17, 15) is 0 Å².